The summed E-state index contributed by atoms with van der Waals surface area (Å²) in [6.07, 6.45) is 5.71. The minimum atomic E-state index is 0.759. The van der Waals surface area contributed by atoms with Crippen LogP contribution in [0.25, 0.3) is 0 Å². The van der Waals surface area contributed by atoms with Gasteiger partial charge in [0.15, 0.2) is 0 Å². The lowest BCUT2D eigenvalue weighted by atomic mass is 9.83. The van der Waals surface area contributed by atoms with Gasteiger partial charge in [-0.2, -0.15) is 0 Å². The van der Waals surface area contributed by atoms with Crippen LogP contribution in [0.5, 0.6) is 0 Å². The molecule has 0 aromatic carbocycles. The van der Waals surface area contributed by atoms with Crippen molar-refractivity contribution >= 4 is 0 Å². The summed E-state index contributed by atoms with van der Waals surface area (Å²) in [6, 6.07) is 0. The standard InChI is InChI=1S/C18H32/c1-11(2)14-7-9-16-17(18(16)13(5)6)10-8-15(14)12(3)4/h11-13,16-18H,7-10H2,1-6H3/b15-14-. The smallest absolute Gasteiger partial charge is 0.0257 e. The van der Waals surface area contributed by atoms with E-state index < -0.39 is 0 Å². The molecule has 0 aliphatic heterocycles. The van der Waals surface area contributed by atoms with Crippen molar-refractivity contribution in [3.05, 3.63) is 11.1 Å². The van der Waals surface area contributed by atoms with Crippen LogP contribution in [-0.4, -0.2) is 0 Å². The number of hydrogen-bond acceptors (Lipinski definition) is 0. The molecule has 1 saturated carbocycles. The Morgan fingerprint density at radius 3 is 1.39 bits per heavy atom. The van der Waals surface area contributed by atoms with Gasteiger partial charge < -0.3 is 0 Å². The number of hydrogen-bond donors (Lipinski definition) is 0. The molecule has 104 valence electrons. The molecule has 0 amide bonds. The summed E-state index contributed by atoms with van der Waals surface area (Å²) in [4.78, 5) is 0. The van der Waals surface area contributed by atoms with E-state index in [0.717, 1.165) is 35.5 Å². The van der Waals surface area contributed by atoms with Crippen LogP contribution in [0.15, 0.2) is 11.1 Å². The third-order valence-electron chi connectivity index (χ3n) is 5.47. The fourth-order valence-corrected chi connectivity index (χ4v) is 4.56. The molecular weight excluding hydrogens is 216 g/mol. The first-order valence-corrected chi connectivity index (χ1v) is 8.15. The van der Waals surface area contributed by atoms with Crippen LogP contribution in [-0.2, 0) is 0 Å². The predicted molar refractivity (Wildman–Crippen MR) is 80.5 cm³/mol. The van der Waals surface area contributed by atoms with Crippen molar-refractivity contribution in [2.24, 2.45) is 35.5 Å². The molecule has 2 rings (SSSR count). The van der Waals surface area contributed by atoms with Gasteiger partial charge in [0, 0.05) is 0 Å². The Hall–Kier alpha value is -0.260. The van der Waals surface area contributed by atoms with E-state index in [9.17, 15) is 0 Å². The monoisotopic (exact) mass is 248 g/mol. The van der Waals surface area contributed by atoms with E-state index in [4.69, 9.17) is 0 Å². The fourth-order valence-electron chi connectivity index (χ4n) is 4.56. The molecule has 0 spiro atoms. The SMILES string of the molecule is CC(C)/C1=C(\C(C)C)CCC2C(CC1)C2C(C)C. The Balaban J connectivity index is 2.12. The Kier molecular flexibility index (Phi) is 4.24. The molecule has 0 saturated heterocycles. The van der Waals surface area contributed by atoms with Crippen molar-refractivity contribution in [1.82, 2.24) is 0 Å². The predicted octanol–water partition coefficient (Wildman–Crippen LogP) is 5.69. The molecule has 0 aromatic heterocycles. The van der Waals surface area contributed by atoms with Crippen LogP contribution < -0.4 is 0 Å². The summed E-state index contributed by atoms with van der Waals surface area (Å²) < 4.78 is 0. The molecule has 2 aliphatic rings. The van der Waals surface area contributed by atoms with Crippen molar-refractivity contribution in [2.75, 3.05) is 0 Å². The van der Waals surface area contributed by atoms with Gasteiger partial charge in [-0.3, -0.25) is 0 Å². The van der Waals surface area contributed by atoms with Gasteiger partial charge in [-0.1, -0.05) is 52.7 Å². The van der Waals surface area contributed by atoms with Crippen LogP contribution in [0.1, 0.15) is 67.2 Å². The summed E-state index contributed by atoms with van der Waals surface area (Å²) in [7, 11) is 0. The molecule has 18 heavy (non-hydrogen) atoms. The summed E-state index contributed by atoms with van der Waals surface area (Å²) in [5.41, 5.74) is 3.61. The highest BCUT2D eigenvalue weighted by atomic mass is 14.6. The van der Waals surface area contributed by atoms with Crippen LogP contribution in [0.2, 0.25) is 0 Å². The zero-order chi connectivity index (χ0) is 13.4. The molecule has 2 unspecified atom stereocenters. The molecule has 0 aromatic rings. The average Bonchev–Trinajstić information content (AvgIpc) is 2.89. The van der Waals surface area contributed by atoms with Crippen LogP contribution in [0.3, 0.4) is 0 Å². The first kappa shape index (κ1) is 14.2. The largest absolute Gasteiger partial charge is 0.0682 e. The zero-order valence-electron chi connectivity index (χ0n) is 13.3. The third kappa shape index (κ3) is 2.68. The van der Waals surface area contributed by atoms with Crippen LogP contribution in [0.4, 0.5) is 0 Å². The van der Waals surface area contributed by atoms with E-state index in [-0.39, 0.29) is 0 Å². The van der Waals surface area contributed by atoms with Crippen LogP contribution >= 0.6 is 0 Å². The lowest BCUT2D eigenvalue weighted by Crippen LogP contribution is -2.08. The maximum atomic E-state index is 2.43. The molecule has 0 radical (unpaired) electrons. The van der Waals surface area contributed by atoms with Gasteiger partial charge in [-0.15, -0.1) is 0 Å². The Bertz CT molecular complexity index is 291. The van der Waals surface area contributed by atoms with E-state index in [0.29, 0.717) is 0 Å². The van der Waals surface area contributed by atoms with Gasteiger partial charge in [-0.05, 0) is 61.2 Å². The quantitative estimate of drug-likeness (QED) is 0.563. The molecule has 2 aliphatic carbocycles. The van der Waals surface area contributed by atoms with E-state index in [1.807, 2.05) is 0 Å². The van der Waals surface area contributed by atoms with Crippen molar-refractivity contribution in [3.63, 3.8) is 0 Å². The van der Waals surface area contributed by atoms with Gasteiger partial charge in [0.2, 0.25) is 0 Å². The van der Waals surface area contributed by atoms with Crippen molar-refractivity contribution in [2.45, 2.75) is 67.2 Å². The lowest BCUT2D eigenvalue weighted by molar-refractivity contribution is 0.489. The van der Waals surface area contributed by atoms with Gasteiger partial charge in [0.25, 0.3) is 0 Å². The first-order valence-electron chi connectivity index (χ1n) is 8.15. The fraction of sp³-hybridized carbons (Fsp3) is 0.889. The third-order valence-corrected chi connectivity index (χ3v) is 5.47. The van der Waals surface area contributed by atoms with Gasteiger partial charge in [0.1, 0.15) is 0 Å². The van der Waals surface area contributed by atoms with E-state index in [1.54, 1.807) is 11.1 Å². The molecule has 2 atom stereocenters. The average molecular weight is 248 g/mol. The maximum absolute atomic E-state index is 2.43. The number of rotatable bonds is 3. The van der Waals surface area contributed by atoms with Crippen LogP contribution in [0, 0.1) is 35.5 Å². The first-order chi connectivity index (χ1) is 8.43. The summed E-state index contributed by atoms with van der Waals surface area (Å²) in [5.74, 6) is 5.60. The molecule has 1 fully saturated rings. The summed E-state index contributed by atoms with van der Waals surface area (Å²) >= 11 is 0. The van der Waals surface area contributed by atoms with Crippen molar-refractivity contribution in [3.8, 4) is 0 Å². The Morgan fingerprint density at radius 1 is 0.722 bits per heavy atom. The second kappa shape index (κ2) is 5.39. The van der Waals surface area contributed by atoms with Gasteiger partial charge in [0.05, 0.1) is 0 Å². The molecule has 0 nitrogen and oxygen atoms in total. The minimum Gasteiger partial charge on any atom is -0.0682 e. The number of allylic oxidation sites excluding steroid dienone is 2. The molecule has 0 N–H and O–H groups in total. The topological polar surface area (TPSA) is 0 Å². The normalized spacial score (nSPS) is 36.8. The van der Waals surface area contributed by atoms with E-state index in [1.165, 1.54) is 25.7 Å². The molecule has 0 bridgehead atoms. The summed E-state index contributed by atoms with van der Waals surface area (Å²) in [6.45, 7) is 14.4. The molecule has 0 heteroatoms. The minimum absolute atomic E-state index is 0.759. The maximum Gasteiger partial charge on any atom is -0.0257 e. The van der Waals surface area contributed by atoms with Crippen molar-refractivity contribution < 1.29 is 0 Å². The van der Waals surface area contributed by atoms with Gasteiger partial charge >= 0.3 is 0 Å². The zero-order valence-corrected chi connectivity index (χ0v) is 13.3. The molecule has 0 heterocycles. The Morgan fingerprint density at radius 2 is 1.11 bits per heavy atom. The van der Waals surface area contributed by atoms with E-state index in [2.05, 4.69) is 41.5 Å². The second-order valence-electron chi connectivity index (χ2n) is 7.59. The highest BCUT2D eigenvalue weighted by Gasteiger charge is 2.50. The van der Waals surface area contributed by atoms with Crippen molar-refractivity contribution in [1.29, 1.82) is 0 Å². The molecular formula is C18H32. The Labute approximate surface area is 114 Å². The lowest BCUT2D eigenvalue weighted by Gasteiger charge is -2.23. The van der Waals surface area contributed by atoms with Gasteiger partial charge in [-0.25, -0.2) is 0 Å². The highest BCUT2D eigenvalue weighted by molar-refractivity contribution is 5.21. The summed E-state index contributed by atoms with van der Waals surface area (Å²) in [5, 5.41) is 0. The second-order valence-corrected chi connectivity index (χ2v) is 7.59. The highest BCUT2D eigenvalue weighted by Crippen LogP contribution is 2.58. The number of fused-ring (bicyclic) bond motifs is 1. The van der Waals surface area contributed by atoms with E-state index >= 15 is 0 Å².